The number of hydrogen-bond acceptors (Lipinski definition) is 6. The molecule has 6 nitrogen and oxygen atoms in total. The van der Waals surface area contributed by atoms with Crippen LogP contribution in [-0.4, -0.2) is 43.5 Å². The first-order valence-electron chi connectivity index (χ1n) is 7.51. The van der Waals surface area contributed by atoms with Gasteiger partial charge >= 0.3 is 0 Å². The zero-order chi connectivity index (χ0) is 19.7. The molecule has 0 spiro atoms. The molecular formula is C17H20ClNO5S2. The lowest BCUT2D eigenvalue weighted by atomic mass is 10.1. The zero-order valence-electron chi connectivity index (χ0n) is 14.9. The number of sulfone groups is 2. The Morgan fingerprint density at radius 1 is 1.00 bits per heavy atom. The van der Waals surface area contributed by atoms with Crippen LogP contribution < -0.4 is 9.64 Å². The Bertz CT molecular complexity index is 1030. The Hall–Kier alpha value is -1.77. The monoisotopic (exact) mass is 417 g/mol. The van der Waals surface area contributed by atoms with E-state index in [9.17, 15) is 16.8 Å². The number of methoxy groups -OCH3 is 1. The van der Waals surface area contributed by atoms with Gasteiger partial charge in [-0.15, -0.1) is 0 Å². The Morgan fingerprint density at radius 3 is 2.19 bits per heavy atom. The molecule has 0 aromatic heterocycles. The molecule has 0 bridgehead atoms. The number of ether oxygens (including phenoxy) is 1. The van der Waals surface area contributed by atoms with Crippen LogP contribution in [0.25, 0.3) is 0 Å². The molecule has 0 aliphatic carbocycles. The van der Waals surface area contributed by atoms with Gasteiger partial charge < -0.3 is 9.64 Å². The Balaban J connectivity index is 2.53. The van der Waals surface area contributed by atoms with Crippen molar-refractivity contribution in [2.75, 3.05) is 31.6 Å². The van der Waals surface area contributed by atoms with Gasteiger partial charge in [-0.05, 0) is 36.4 Å². The second-order valence-electron chi connectivity index (χ2n) is 5.99. The topological polar surface area (TPSA) is 80.8 Å². The maximum atomic E-state index is 12.2. The van der Waals surface area contributed by atoms with Crippen LogP contribution >= 0.6 is 11.6 Å². The van der Waals surface area contributed by atoms with Crippen LogP contribution in [0.1, 0.15) is 5.56 Å². The summed E-state index contributed by atoms with van der Waals surface area (Å²) < 4.78 is 53.2. The minimum absolute atomic E-state index is 0.0459. The standard InChI is InChI=1S/C17H20ClNO5S2/c1-19(11-12-9-13(18)5-8-16(12)24-2)15-7-6-14(25(3,20)21)10-17(15)26(4,22)23/h5-10H,11H2,1-4H3. The quantitative estimate of drug-likeness (QED) is 0.718. The SMILES string of the molecule is COc1ccc(Cl)cc1CN(C)c1ccc(S(C)(=O)=O)cc1S(C)(=O)=O. The van der Waals surface area contributed by atoms with Crippen molar-refractivity contribution in [3.05, 3.63) is 47.0 Å². The average molecular weight is 418 g/mol. The highest BCUT2D eigenvalue weighted by molar-refractivity contribution is 7.91. The van der Waals surface area contributed by atoms with Crippen molar-refractivity contribution in [3.63, 3.8) is 0 Å². The van der Waals surface area contributed by atoms with E-state index in [1.807, 2.05) is 0 Å². The van der Waals surface area contributed by atoms with Crippen molar-refractivity contribution in [1.29, 1.82) is 0 Å². The highest BCUT2D eigenvalue weighted by Crippen LogP contribution is 2.31. The predicted octanol–water partition coefficient (Wildman–Crippen LogP) is 2.79. The van der Waals surface area contributed by atoms with E-state index >= 15 is 0 Å². The molecule has 0 radical (unpaired) electrons. The van der Waals surface area contributed by atoms with Crippen LogP contribution in [0, 0.1) is 0 Å². The van der Waals surface area contributed by atoms with E-state index in [-0.39, 0.29) is 9.79 Å². The van der Waals surface area contributed by atoms with Crippen molar-refractivity contribution in [2.24, 2.45) is 0 Å². The summed E-state index contributed by atoms with van der Waals surface area (Å²) in [6, 6.07) is 9.24. The number of benzene rings is 2. The summed E-state index contributed by atoms with van der Waals surface area (Å²) in [6.45, 7) is 0.324. The number of anilines is 1. The summed E-state index contributed by atoms with van der Waals surface area (Å²) in [7, 11) is -3.91. The van der Waals surface area contributed by atoms with Gasteiger partial charge in [-0.2, -0.15) is 0 Å². The fourth-order valence-electron chi connectivity index (χ4n) is 2.55. The maximum Gasteiger partial charge on any atom is 0.177 e. The predicted molar refractivity (Wildman–Crippen MR) is 103 cm³/mol. The first kappa shape index (κ1) is 20.5. The third kappa shape index (κ3) is 4.69. The minimum Gasteiger partial charge on any atom is -0.496 e. The molecule has 26 heavy (non-hydrogen) atoms. The Kier molecular flexibility index (Phi) is 5.89. The molecule has 2 aromatic rings. The molecule has 2 aromatic carbocycles. The van der Waals surface area contributed by atoms with Gasteiger partial charge in [-0.3, -0.25) is 0 Å². The summed E-state index contributed by atoms with van der Waals surface area (Å²) in [5, 5.41) is 0.532. The molecule has 9 heteroatoms. The average Bonchev–Trinajstić information content (AvgIpc) is 2.53. The summed E-state index contributed by atoms with van der Waals surface area (Å²) in [5.41, 5.74) is 1.16. The van der Waals surface area contributed by atoms with Crippen LogP contribution in [0.4, 0.5) is 5.69 Å². The second-order valence-corrected chi connectivity index (χ2v) is 10.4. The normalized spacial score (nSPS) is 12.0. The lowest BCUT2D eigenvalue weighted by Gasteiger charge is -2.23. The van der Waals surface area contributed by atoms with Gasteiger partial charge in [0.25, 0.3) is 0 Å². The summed E-state index contributed by atoms with van der Waals surface area (Å²) >= 11 is 6.04. The molecular weight excluding hydrogens is 398 g/mol. The van der Waals surface area contributed by atoms with Crippen molar-refractivity contribution in [1.82, 2.24) is 0 Å². The maximum absolute atomic E-state index is 12.2. The van der Waals surface area contributed by atoms with E-state index in [1.54, 1.807) is 30.1 Å². The fraction of sp³-hybridized carbons (Fsp3) is 0.294. The smallest absolute Gasteiger partial charge is 0.177 e. The molecule has 0 aliphatic heterocycles. The summed E-state index contributed by atoms with van der Waals surface area (Å²) in [5.74, 6) is 0.620. The third-order valence-electron chi connectivity index (χ3n) is 3.82. The van der Waals surface area contributed by atoms with Crippen LogP contribution in [0.2, 0.25) is 5.02 Å². The Morgan fingerprint density at radius 2 is 1.65 bits per heavy atom. The Labute approximate surface area is 159 Å². The molecule has 2 rings (SSSR count). The van der Waals surface area contributed by atoms with E-state index in [0.29, 0.717) is 23.0 Å². The molecule has 0 aliphatic rings. The highest BCUT2D eigenvalue weighted by Gasteiger charge is 2.20. The second kappa shape index (κ2) is 7.46. The van der Waals surface area contributed by atoms with Gasteiger partial charge in [0.2, 0.25) is 0 Å². The van der Waals surface area contributed by atoms with Crippen molar-refractivity contribution in [3.8, 4) is 5.75 Å². The number of hydrogen-bond donors (Lipinski definition) is 0. The number of rotatable bonds is 6. The highest BCUT2D eigenvalue weighted by atomic mass is 35.5. The van der Waals surface area contributed by atoms with Gasteiger partial charge in [0.05, 0.1) is 22.6 Å². The molecule has 0 N–H and O–H groups in total. The van der Waals surface area contributed by atoms with Crippen molar-refractivity contribution >= 4 is 37.0 Å². The largest absolute Gasteiger partial charge is 0.496 e. The molecule has 0 saturated carbocycles. The molecule has 142 valence electrons. The lowest BCUT2D eigenvalue weighted by molar-refractivity contribution is 0.409. The fourth-order valence-corrected chi connectivity index (χ4v) is 4.41. The minimum atomic E-state index is -3.64. The van der Waals surface area contributed by atoms with Gasteiger partial charge in [0.15, 0.2) is 19.7 Å². The number of nitrogens with zero attached hydrogens (tertiary/aromatic N) is 1. The van der Waals surface area contributed by atoms with Crippen molar-refractivity contribution in [2.45, 2.75) is 16.3 Å². The number of halogens is 1. The van der Waals surface area contributed by atoms with Crippen LogP contribution in [0.3, 0.4) is 0 Å². The molecule has 0 unspecified atom stereocenters. The van der Waals surface area contributed by atoms with Crippen LogP contribution in [0.5, 0.6) is 5.75 Å². The summed E-state index contributed by atoms with van der Waals surface area (Å²) in [6.07, 6.45) is 2.08. The zero-order valence-corrected chi connectivity index (χ0v) is 17.2. The van der Waals surface area contributed by atoms with Crippen LogP contribution in [-0.2, 0) is 26.2 Å². The third-order valence-corrected chi connectivity index (χ3v) is 6.29. The molecule has 0 heterocycles. The lowest BCUT2D eigenvalue weighted by Crippen LogP contribution is -2.20. The molecule has 0 saturated heterocycles. The van der Waals surface area contributed by atoms with E-state index in [2.05, 4.69) is 0 Å². The van der Waals surface area contributed by atoms with Gasteiger partial charge in [0, 0.05) is 36.7 Å². The summed E-state index contributed by atoms with van der Waals surface area (Å²) in [4.78, 5) is 1.61. The molecule has 0 atom stereocenters. The van der Waals surface area contributed by atoms with E-state index in [4.69, 9.17) is 16.3 Å². The van der Waals surface area contributed by atoms with Gasteiger partial charge in [-0.1, -0.05) is 11.6 Å². The molecule has 0 amide bonds. The van der Waals surface area contributed by atoms with Crippen molar-refractivity contribution < 1.29 is 21.6 Å². The first-order valence-corrected chi connectivity index (χ1v) is 11.7. The van der Waals surface area contributed by atoms with E-state index in [0.717, 1.165) is 18.1 Å². The van der Waals surface area contributed by atoms with Gasteiger partial charge in [-0.25, -0.2) is 16.8 Å². The van der Waals surface area contributed by atoms with Gasteiger partial charge in [0.1, 0.15) is 5.75 Å². The molecule has 0 fully saturated rings. The van der Waals surface area contributed by atoms with E-state index < -0.39 is 19.7 Å². The van der Waals surface area contributed by atoms with E-state index in [1.165, 1.54) is 25.3 Å². The first-order chi connectivity index (χ1) is 11.9. The van der Waals surface area contributed by atoms with Crippen LogP contribution in [0.15, 0.2) is 46.2 Å².